The highest BCUT2D eigenvalue weighted by Crippen LogP contribution is 2.41. The van der Waals surface area contributed by atoms with Crippen molar-refractivity contribution in [1.82, 2.24) is 14.9 Å². The molecule has 2 aliphatic heterocycles. The predicted molar refractivity (Wildman–Crippen MR) is 125 cm³/mol. The molecule has 0 aliphatic carbocycles. The molecule has 0 unspecified atom stereocenters. The number of amides is 1. The Bertz CT molecular complexity index is 1210. The molecule has 0 spiro atoms. The molecule has 3 N–H and O–H groups in total. The van der Waals surface area contributed by atoms with Crippen LogP contribution in [0, 0.1) is 11.6 Å². The Morgan fingerprint density at radius 3 is 2.76 bits per heavy atom. The van der Waals surface area contributed by atoms with Crippen molar-refractivity contribution in [3.8, 4) is 0 Å². The number of aromatic nitrogens is 2. The minimum Gasteiger partial charge on any atom is -0.382 e. The van der Waals surface area contributed by atoms with Gasteiger partial charge in [-0.15, -0.1) is 0 Å². The Morgan fingerprint density at radius 1 is 1.21 bits per heavy atom. The van der Waals surface area contributed by atoms with Crippen LogP contribution < -0.4 is 10.6 Å². The summed E-state index contributed by atoms with van der Waals surface area (Å²) >= 11 is 0. The van der Waals surface area contributed by atoms with Crippen LogP contribution in [0.5, 0.6) is 0 Å². The maximum absolute atomic E-state index is 14.9. The van der Waals surface area contributed by atoms with Crippen LogP contribution in [0.1, 0.15) is 36.7 Å². The Balaban J connectivity index is 1.58. The number of nitrogens with one attached hydrogen (secondary N) is 3. The third kappa shape index (κ3) is 4.02. The summed E-state index contributed by atoms with van der Waals surface area (Å²) in [6, 6.07) is 9.94. The van der Waals surface area contributed by atoms with Gasteiger partial charge in [-0.3, -0.25) is 4.79 Å². The molecule has 8 heteroatoms. The molecule has 2 aliphatic rings. The number of benzene rings is 2. The number of carbonyl (C=O) groups excluding carboxylic acids is 1. The molecule has 3 heterocycles. The van der Waals surface area contributed by atoms with Gasteiger partial charge in [0.1, 0.15) is 5.82 Å². The zero-order chi connectivity index (χ0) is 22.9. The summed E-state index contributed by atoms with van der Waals surface area (Å²) < 4.78 is 28.9. The van der Waals surface area contributed by atoms with E-state index in [9.17, 15) is 13.6 Å². The van der Waals surface area contributed by atoms with E-state index in [1.165, 1.54) is 18.3 Å². The van der Waals surface area contributed by atoms with Crippen molar-refractivity contribution >= 4 is 28.4 Å². The van der Waals surface area contributed by atoms with E-state index in [1.54, 1.807) is 6.20 Å². The molecule has 6 nitrogen and oxygen atoms in total. The summed E-state index contributed by atoms with van der Waals surface area (Å²) in [7, 11) is 0. The van der Waals surface area contributed by atoms with Crippen LogP contribution in [0.25, 0.3) is 11.1 Å². The molecule has 0 bridgehead atoms. The van der Waals surface area contributed by atoms with Crippen molar-refractivity contribution in [2.24, 2.45) is 0 Å². The van der Waals surface area contributed by atoms with Gasteiger partial charge >= 0.3 is 0 Å². The van der Waals surface area contributed by atoms with Gasteiger partial charge in [-0.1, -0.05) is 19.1 Å². The van der Waals surface area contributed by atoms with Gasteiger partial charge in [-0.25, -0.2) is 13.8 Å². The Labute approximate surface area is 190 Å². The number of H-pyrrole nitrogens is 1. The highest BCUT2D eigenvalue weighted by Gasteiger charge is 2.31. The van der Waals surface area contributed by atoms with Gasteiger partial charge in [0.25, 0.3) is 5.91 Å². The van der Waals surface area contributed by atoms with Gasteiger partial charge in [-0.05, 0) is 43.7 Å². The maximum Gasteiger partial charge on any atom is 0.257 e. The molecule has 5 rings (SSSR count). The van der Waals surface area contributed by atoms with Crippen LogP contribution >= 0.6 is 0 Å². The number of nitrogens with zero attached hydrogens (tertiary/aromatic N) is 2. The fraction of sp³-hybridized carbons (Fsp3) is 0.280. The number of rotatable bonds is 5. The zero-order valence-corrected chi connectivity index (χ0v) is 18.3. The maximum atomic E-state index is 14.9. The van der Waals surface area contributed by atoms with E-state index in [4.69, 9.17) is 0 Å². The summed E-state index contributed by atoms with van der Waals surface area (Å²) in [5.41, 5.74) is 2.60. The first kappa shape index (κ1) is 21.3. The van der Waals surface area contributed by atoms with E-state index in [2.05, 4.69) is 32.4 Å². The predicted octanol–water partition coefficient (Wildman–Crippen LogP) is 4.50. The molecule has 1 aromatic heterocycles. The molecule has 170 valence electrons. The third-order valence-corrected chi connectivity index (χ3v) is 6.38. The number of likely N-dealkylation sites (tertiary alicyclic amines) is 1. The molecule has 1 fully saturated rings. The van der Waals surface area contributed by atoms with Gasteiger partial charge in [0.2, 0.25) is 0 Å². The lowest BCUT2D eigenvalue weighted by Crippen LogP contribution is -2.38. The standard InChI is InChI=1S/C25H25F2N5O/c1-2-32-12-8-15(9-13-32)30-16-6-7-20-18(14-16)22(25(33)31-20)21(24-28-10-11-29-24)17-4-3-5-19(26)23(17)27/h3-7,10-11,14-15,30H,2,8-9,12-13H2,1H3,(H,28,29)(H,31,33). The molecule has 0 saturated carbocycles. The topological polar surface area (TPSA) is 73.0 Å². The van der Waals surface area contributed by atoms with Crippen molar-refractivity contribution in [2.45, 2.75) is 25.8 Å². The molecule has 0 atom stereocenters. The summed E-state index contributed by atoms with van der Waals surface area (Å²) in [5, 5.41) is 6.43. The SMILES string of the molecule is CCN1CCC(Nc2ccc3c(c2)C(=C(c2ncc[nH]2)c2cccc(F)c2F)C(=O)N3)CC1. The molecule has 2 aromatic carbocycles. The highest BCUT2D eigenvalue weighted by molar-refractivity contribution is 6.38. The van der Waals surface area contributed by atoms with Crippen LogP contribution in [0.3, 0.4) is 0 Å². The van der Waals surface area contributed by atoms with E-state index in [0.29, 0.717) is 23.1 Å². The van der Waals surface area contributed by atoms with E-state index in [0.717, 1.165) is 44.2 Å². The van der Waals surface area contributed by atoms with Gasteiger partial charge in [0.15, 0.2) is 11.6 Å². The number of hydrogen-bond acceptors (Lipinski definition) is 4. The molecular weight excluding hydrogens is 424 g/mol. The average Bonchev–Trinajstić information content (AvgIpc) is 3.46. The fourth-order valence-corrected chi connectivity index (χ4v) is 4.61. The second kappa shape index (κ2) is 8.78. The minimum absolute atomic E-state index is 0.0201. The lowest BCUT2D eigenvalue weighted by molar-refractivity contribution is -0.110. The van der Waals surface area contributed by atoms with Crippen LogP contribution in [-0.4, -0.2) is 46.5 Å². The Kier molecular flexibility index (Phi) is 5.68. The molecule has 1 saturated heterocycles. The monoisotopic (exact) mass is 449 g/mol. The first-order valence-electron chi connectivity index (χ1n) is 11.2. The summed E-state index contributed by atoms with van der Waals surface area (Å²) in [5.74, 6) is -2.09. The van der Waals surface area contributed by atoms with Gasteiger partial charge in [0.05, 0.1) is 5.57 Å². The van der Waals surface area contributed by atoms with Crippen molar-refractivity contribution in [2.75, 3.05) is 30.3 Å². The number of halogens is 2. The van der Waals surface area contributed by atoms with Crippen molar-refractivity contribution in [1.29, 1.82) is 0 Å². The van der Waals surface area contributed by atoms with Gasteiger partial charge in [-0.2, -0.15) is 0 Å². The second-order valence-electron chi connectivity index (χ2n) is 8.36. The molecular formula is C25H25F2N5O. The number of hydrogen-bond donors (Lipinski definition) is 3. The fourth-order valence-electron chi connectivity index (χ4n) is 4.61. The van der Waals surface area contributed by atoms with E-state index >= 15 is 0 Å². The number of fused-ring (bicyclic) bond motifs is 1. The normalized spacial score (nSPS) is 18.2. The number of piperidine rings is 1. The third-order valence-electron chi connectivity index (χ3n) is 6.38. The van der Waals surface area contributed by atoms with Crippen LogP contribution in [0.2, 0.25) is 0 Å². The minimum atomic E-state index is -1.02. The molecule has 33 heavy (non-hydrogen) atoms. The largest absolute Gasteiger partial charge is 0.382 e. The highest BCUT2D eigenvalue weighted by atomic mass is 19.2. The lowest BCUT2D eigenvalue weighted by atomic mass is 9.94. The zero-order valence-electron chi connectivity index (χ0n) is 18.3. The smallest absolute Gasteiger partial charge is 0.257 e. The summed E-state index contributed by atoms with van der Waals surface area (Å²) in [6.45, 7) is 5.32. The Hall–Kier alpha value is -3.52. The first-order valence-corrected chi connectivity index (χ1v) is 11.2. The van der Waals surface area contributed by atoms with Crippen molar-refractivity contribution in [3.63, 3.8) is 0 Å². The van der Waals surface area contributed by atoms with E-state index < -0.39 is 11.6 Å². The molecule has 3 aromatic rings. The van der Waals surface area contributed by atoms with Crippen molar-refractivity contribution in [3.05, 3.63) is 77.4 Å². The van der Waals surface area contributed by atoms with Crippen LogP contribution in [0.4, 0.5) is 20.2 Å². The average molecular weight is 450 g/mol. The van der Waals surface area contributed by atoms with Crippen LogP contribution in [0.15, 0.2) is 48.8 Å². The summed E-state index contributed by atoms with van der Waals surface area (Å²) in [4.78, 5) is 22.7. The summed E-state index contributed by atoms with van der Waals surface area (Å²) in [6.07, 6.45) is 5.18. The van der Waals surface area contributed by atoms with Crippen LogP contribution in [-0.2, 0) is 4.79 Å². The lowest BCUT2D eigenvalue weighted by Gasteiger charge is -2.32. The number of aromatic amines is 1. The number of carbonyl (C=O) groups is 1. The Morgan fingerprint density at radius 2 is 2.03 bits per heavy atom. The van der Waals surface area contributed by atoms with Gasteiger partial charge in [0, 0.05) is 59.6 Å². The van der Waals surface area contributed by atoms with Gasteiger partial charge < -0.3 is 20.5 Å². The van der Waals surface area contributed by atoms with E-state index in [-0.39, 0.29) is 22.6 Å². The quantitative estimate of drug-likeness (QED) is 0.502. The van der Waals surface area contributed by atoms with Crippen molar-refractivity contribution < 1.29 is 13.6 Å². The molecule has 0 radical (unpaired) electrons. The number of anilines is 2. The second-order valence-corrected chi connectivity index (χ2v) is 8.36. The molecule has 1 amide bonds. The van der Waals surface area contributed by atoms with E-state index in [1.807, 2.05) is 18.2 Å². The number of imidazole rings is 1. The first-order chi connectivity index (χ1) is 16.0.